The summed E-state index contributed by atoms with van der Waals surface area (Å²) in [5.74, 6) is 0.651. The fourth-order valence-electron chi connectivity index (χ4n) is 2.02. The number of Topliss-reactive ketones (excluding diaryl/α,β-unsaturated/α-hetero) is 1. The molecular formula is C13H8BrClO2S. The van der Waals surface area contributed by atoms with Crippen molar-refractivity contribution in [1.82, 2.24) is 0 Å². The Balaban J connectivity index is 1.95. The summed E-state index contributed by atoms with van der Waals surface area (Å²) < 4.78 is 6.90. The van der Waals surface area contributed by atoms with Crippen molar-refractivity contribution in [1.29, 1.82) is 0 Å². The Bertz CT molecular complexity index is 604. The van der Waals surface area contributed by atoms with Crippen LogP contribution >= 0.6 is 38.9 Å². The van der Waals surface area contributed by atoms with Gasteiger partial charge in [0.1, 0.15) is 16.7 Å². The fourth-order valence-corrected chi connectivity index (χ4v) is 3.72. The lowest BCUT2D eigenvalue weighted by atomic mass is 9.96. The molecule has 5 heteroatoms. The van der Waals surface area contributed by atoms with Crippen molar-refractivity contribution < 1.29 is 9.53 Å². The van der Waals surface area contributed by atoms with Gasteiger partial charge in [0, 0.05) is 10.0 Å². The number of para-hydroxylation sites is 1. The average molecular weight is 344 g/mol. The first-order valence-electron chi connectivity index (χ1n) is 5.37. The van der Waals surface area contributed by atoms with Gasteiger partial charge in [0.15, 0.2) is 5.78 Å². The van der Waals surface area contributed by atoms with Crippen LogP contribution in [0.25, 0.3) is 0 Å². The lowest BCUT2D eigenvalue weighted by Gasteiger charge is -2.05. The molecule has 0 saturated carbocycles. The van der Waals surface area contributed by atoms with E-state index in [0.717, 1.165) is 15.8 Å². The van der Waals surface area contributed by atoms with Crippen LogP contribution in [0.4, 0.5) is 0 Å². The van der Waals surface area contributed by atoms with Crippen LogP contribution in [0.5, 0.6) is 5.75 Å². The molecule has 0 aliphatic carbocycles. The maximum absolute atomic E-state index is 12.4. The van der Waals surface area contributed by atoms with Gasteiger partial charge in [-0.2, -0.15) is 0 Å². The molecule has 0 fully saturated rings. The second-order valence-electron chi connectivity index (χ2n) is 4.00. The zero-order valence-electron chi connectivity index (χ0n) is 9.15. The Kier molecular flexibility index (Phi) is 3.18. The van der Waals surface area contributed by atoms with Crippen molar-refractivity contribution in [3.05, 3.63) is 49.6 Å². The van der Waals surface area contributed by atoms with Crippen molar-refractivity contribution in [2.24, 2.45) is 0 Å². The van der Waals surface area contributed by atoms with E-state index in [9.17, 15) is 4.79 Å². The van der Waals surface area contributed by atoms with E-state index < -0.39 is 0 Å². The monoisotopic (exact) mass is 342 g/mol. The third kappa shape index (κ3) is 1.98. The maximum atomic E-state index is 12.4. The van der Waals surface area contributed by atoms with Crippen LogP contribution in [0.15, 0.2) is 34.8 Å². The smallest absolute Gasteiger partial charge is 0.183 e. The normalized spacial score (nSPS) is 17.3. The molecule has 0 saturated heterocycles. The van der Waals surface area contributed by atoms with E-state index in [-0.39, 0.29) is 11.7 Å². The highest BCUT2D eigenvalue weighted by atomic mass is 79.9. The van der Waals surface area contributed by atoms with Gasteiger partial charge in [-0.05, 0) is 28.1 Å². The molecular weight excluding hydrogens is 336 g/mol. The number of ketones is 1. The molecule has 1 aliphatic rings. The third-order valence-corrected chi connectivity index (χ3v) is 5.39. The number of fused-ring (bicyclic) bond motifs is 1. The highest BCUT2D eigenvalue weighted by Gasteiger charge is 2.31. The molecule has 2 heterocycles. The average Bonchev–Trinajstić information content (AvgIpc) is 2.93. The molecule has 0 bridgehead atoms. The first-order chi connectivity index (χ1) is 8.66. The van der Waals surface area contributed by atoms with Gasteiger partial charge in [-0.15, -0.1) is 11.3 Å². The minimum atomic E-state index is -0.220. The summed E-state index contributed by atoms with van der Waals surface area (Å²) in [6, 6.07) is 9.43. The second kappa shape index (κ2) is 4.68. The fraction of sp³-hybridized carbons (Fsp3) is 0.154. The lowest BCUT2D eigenvalue weighted by Crippen LogP contribution is -2.12. The van der Waals surface area contributed by atoms with E-state index in [1.165, 1.54) is 11.3 Å². The standard InChI is InChI=1S/C13H8BrClO2S/c14-9-5-11(18-13(9)15)12(16)8-6-17-10-4-2-1-3-7(8)10/h1-5,8H,6H2. The van der Waals surface area contributed by atoms with Crippen molar-refractivity contribution in [2.75, 3.05) is 6.61 Å². The van der Waals surface area contributed by atoms with E-state index in [2.05, 4.69) is 15.9 Å². The van der Waals surface area contributed by atoms with Crippen LogP contribution in [-0.4, -0.2) is 12.4 Å². The summed E-state index contributed by atoms with van der Waals surface area (Å²) in [6.07, 6.45) is 0. The van der Waals surface area contributed by atoms with E-state index in [1.54, 1.807) is 6.07 Å². The SMILES string of the molecule is O=C(c1cc(Br)c(Cl)s1)C1COc2ccccc21. The zero-order chi connectivity index (χ0) is 12.7. The number of rotatable bonds is 2. The van der Waals surface area contributed by atoms with Crippen molar-refractivity contribution in [3.63, 3.8) is 0 Å². The van der Waals surface area contributed by atoms with Gasteiger partial charge in [0.05, 0.1) is 10.8 Å². The van der Waals surface area contributed by atoms with Crippen LogP contribution in [0.2, 0.25) is 4.34 Å². The molecule has 3 rings (SSSR count). The van der Waals surface area contributed by atoms with E-state index >= 15 is 0 Å². The molecule has 1 aromatic carbocycles. The molecule has 92 valence electrons. The number of carbonyl (C=O) groups excluding carboxylic acids is 1. The predicted molar refractivity (Wildman–Crippen MR) is 76.0 cm³/mol. The Morgan fingerprint density at radius 1 is 1.44 bits per heavy atom. The van der Waals surface area contributed by atoms with Crippen LogP contribution in [0.1, 0.15) is 21.2 Å². The highest BCUT2D eigenvalue weighted by molar-refractivity contribution is 9.10. The number of hydrogen-bond acceptors (Lipinski definition) is 3. The molecule has 0 N–H and O–H groups in total. The maximum Gasteiger partial charge on any atom is 0.183 e. The lowest BCUT2D eigenvalue weighted by molar-refractivity contribution is 0.0951. The Morgan fingerprint density at radius 2 is 2.22 bits per heavy atom. The van der Waals surface area contributed by atoms with Crippen molar-refractivity contribution >= 4 is 44.7 Å². The molecule has 0 radical (unpaired) electrons. The van der Waals surface area contributed by atoms with Gasteiger partial charge in [0.2, 0.25) is 0 Å². The number of carbonyl (C=O) groups is 1. The van der Waals surface area contributed by atoms with Crippen molar-refractivity contribution in [2.45, 2.75) is 5.92 Å². The first kappa shape index (κ1) is 12.2. The van der Waals surface area contributed by atoms with Gasteiger partial charge in [-0.3, -0.25) is 4.79 Å². The second-order valence-corrected chi connectivity index (χ2v) is 6.51. The molecule has 1 unspecified atom stereocenters. The molecule has 18 heavy (non-hydrogen) atoms. The molecule has 1 atom stereocenters. The van der Waals surface area contributed by atoms with Crippen LogP contribution in [0, 0.1) is 0 Å². The number of hydrogen-bond donors (Lipinski definition) is 0. The molecule has 0 spiro atoms. The van der Waals surface area contributed by atoms with Crippen LogP contribution in [-0.2, 0) is 0 Å². The third-order valence-electron chi connectivity index (χ3n) is 2.90. The van der Waals surface area contributed by atoms with E-state index in [1.807, 2.05) is 24.3 Å². The summed E-state index contributed by atoms with van der Waals surface area (Å²) in [4.78, 5) is 13.1. The van der Waals surface area contributed by atoms with Crippen LogP contribution in [0.3, 0.4) is 0 Å². The summed E-state index contributed by atoms with van der Waals surface area (Å²) in [6.45, 7) is 0.408. The molecule has 0 amide bonds. The van der Waals surface area contributed by atoms with Crippen molar-refractivity contribution in [3.8, 4) is 5.75 Å². The Morgan fingerprint density at radius 3 is 2.94 bits per heavy atom. The molecule has 2 nitrogen and oxygen atoms in total. The number of benzene rings is 1. The Hall–Kier alpha value is -0.840. The minimum absolute atomic E-state index is 0.0672. The van der Waals surface area contributed by atoms with Crippen LogP contribution < -0.4 is 4.74 Å². The Labute approximate surface area is 122 Å². The van der Waals surface area contributed by atoms with Gasteiger partial charge in [-0.1, -0.05) is 29.8 Å². The van der Waals surface area contributed by atoms with E-state index in [4.69, 9.17) is 16.3 Å². The predicted octanol–water partition coefficient (Wildman–Crippen LogP) is 4.52. The largest absolute Gasteiger partial charge is 0.492 e. The summed E-state index contributed by atoms with van der Waals surface area (Å²) in [7, 11) is 0. The summed E-state index contributed by atoms with van der Waals surface area (Å²) in [5, 5.41) is 0. The number of ether oxygens (including phenoxy) is 1. The summed E-state index contributed by atoms with van der Waals surface area (Å²) in [5.41, 5.74) is 0.961. The number of halogens is 2. The quantitative estimate of drug-likeness (QED) is 0.749. The highest BCUT2D eigenvalue weighted by Crippen LogP contribution is 2.39. The molecule has 1 aliphatic heterocycles. The van der Waals surface area contributed by atoms with Gasteiger partial charge in [0.25, 0.3) is 0 Å². The minimum Gasteiger partial charge on any atom is -0.492 e. The van der Waals surface area contributed by atoms with E-state index in [0.29, 0.717) is 15.8 Å². The van der Waals surface area contributed by atoms with Gasteiger partial charge >= 0.3 is 0 Å². The van der Waals surface area contributed by atoms with Gasteiger partial charge in [-0.25, -0.2) is 0 Å². The molecule has 2 aromatic rings. The topological polar surface area (TPSA) is 26.3 Å². The first-order valence-corrected chi connectivity index (χ1v) is 7.36. The van der Waals surface area contributed by atoms with Gasteiger partial charge < -0.3 is 4.74 Å². The number of thiophene rings is 1. The summed E-state index contributed by atoms with van der Waals surface area (Å²) >= 11 is 10.6. The zero-order valence-corrected chi connectivity index (χ0v) is 12.3. The molecule has 1 aromatic heterocycles.